The number of hydrogen-bond donors (Lipinski definition) is 2. The van der Waals surface area contributed by atoms with Crippen LogP contribution in [-0.2, 0) is 11.3 Å². The van der Waals surface area contributed by atoms with E-state index in [1.165, 1.54) is 81.8 Å². The van der Waals surface area contributed by atoms with Gasteiger partial charge >= 0.3 is 0 Å². The van der Waals surface area contributed by atoms with Crippen molar-refractivity contribution in [1.29, 1.82) is 0 Å². The second-order valence-electron chi connectivity index (χ2n) is 8.57. The summed E-state index contributed by atoms with van der Waals surface area (Å²) in [4.78, 5) is 0. The smallest absolute Gasteiger partial charge is 0.0721 e. The van der Waals surface area contributed by atoms with Crippen LogP contribution in [0.2, 0.25) is 0 Å². The number of rotatable bonds is 16. The Morgan fingerprint density at radius 2 is 1.60 bits per heavy atom. The lowest BCUT2D eigenvalue weighted by molar-refractivity contribution is 0.0512. The van der Waals surface area contributed by atoms with Crippen LogP contribution in [0.15, 0.2) is 30.3 Å². The van der Waals surface area contributed by atoms with E-state index in [0.717, 1.165) is 13.0 Å². The Morgan fingerprint density at radius 1 is 0.967 bits per heavy atom. The maximum absolute atomic E-state index is 9.16. The highest BCUT2D eigenvalue weighted by molar-refractivity contribution is 5.85. The predicted octanol–water partition coefficient (Wildman–Crippen LogP) is 6.67. The van der Waals surface area contributed by atoms with Crippen LogP contribution in [0.5, 0.6) is 0 Å². The number of hydrogen-bond acceptors (Lipinski definition) is 3. The summed E-state index contributed by atoms with van der Waals surface area (Å²) in [5, 5.41) is 12.4. The Labute approximate surface area is 191 Å². The molecule has 1 heterocycles. The van der Waals surface area contributed by atoms with Crippen LogP contribution in [-0.4, -0.2) is 30.4 Å². The van der Waals surface area contributed by atoms with Crippen LogP contribution in [0.25, 0.3) is 6.08 Å². The van der Waals surface area contributed by atoms with E-state index < -0.39 is 0 Å². The molecule has 1 aliphatic heterocycles. The lowest BCUT2D eigenvalue weighted by Crippen LogP contribution is -2.24. The lowest BCUT2D eigenvalue weighted by atomic mass is 10.1. The van der Waals surface area contributed by atoms with Gasteiger partial charge in [-0.15, -0.1) is 12.4 Å². The zero-order valence-corrected chi connectivity index (χ0v) is 19.8. The molecule has 1 fully saturated rings. The van der Waals surface area contributed by atoms with Gasteiger partial charge in [-0.3, -0.25) is 0 Å². The first kappa shape index (κ1) is 27.2. The molecule has 0 bridgehead atoms. The molecule has 1 aromatic carbocycles. The predicted molar refractivity (Wildman–Crippen MR) is 131 cm³/mol. The lowest BCUT2D eigenvalue weighted by Gasteiger charge is -2.11. The Hall–Kier alpha value is -0.870. The summed E-state index contributed by atoms with van der Waals surface area (Å²) >= 11 is 0. The van der Waals surface area contributed by atoms with Crippen LogP contribution in [0.3, 0.4) is 0 Å². The largest absolute Gasteiger partial charge is 0.395 e. The third kappa shape index (κ3) is 12.1. The van der Waals surface area contributed by atoms with Crippen molar-refractivity contribution in [2.75, 3.05) is 13.2 Å². The number of allylic oxidation sites excluding steroid dienone is 1. The van der Waals surface area contributed by atoms with Gasteiger partial charge in [0.05, 0.1) is 19.3 Å². The third-order valence-corrected chi connectivity index (χ3v) is 5.90. The number of ether oxygens (including phenoxy) is 1. The molecule has 1 aromatic rings. The van der Waals surface area contributed by atoms with Crippen LogP contribution in [0.4, 0.5) is 0 Å². The van der Waals surface area contributed by atoms with Crippen molar-refractivity contribution in [2.45, 2.75) is 103 Å². The van der Waals surface area contributed by atoms with Gasteiger partial charge in [-0.2, -0.15) is 0 Å². The van der Waals surface area contributed by atoms with Crippen LogP contribution in [0, 0.1) is 0 Å². The van der Waals surface area contributed by atoms with Crippen molar-refractivity contribution >= 4 is 18.5 Å². The Bertz CT molecular complexity index is 546. The van der Waals surface area contributed by atoms with Crippen LogP contribution >= 0.6 is 12.4 Å². The molecule has 3 nitrogen and oxygen atoms in total. The van der Waals surface area contributed by atoms with E-state index in [4.69, 9.17) is 9.84 Å². The van der Waals surface area contributed by atoms with Crippen molar-refractivity contribution < 1.29 is 9.84 Å². The number of benzene rings is 1. The molecule has 4 heteroatoms. The van der Waals surface area contributed by atoms with Gasteiger partial charge in [0.1, 0.15) is 0 Å². The molecule has 0 aliphatic carbocycles. The Morgan fingerprint density at radius 3 is 2.20 bits per heavy atom. The average Bonchev–Trinajstić information content (AvgIpc) is 3.22. The summed E-state index contributed by atoms with van der Waals surface area (Å²) in [5.74, 6) is 0. The number of aliphatic hydroxyl groups excluding tert-OH is 1. The minimum atomic E-state index is 0. The van der Waals surface area contributed by atoms with E-state index in [9.17, 15) is 0 Å². The fourth-order valence-electron chi connectivity index (χ4n) is 3.96. The molecule has 2 atom stereocenters. The highest BCUT2D eigenvalue weighted by Gasteiger charge is 2.23. The number of nitrogens with one attached hydrogen (secondary N) is 1. The molecule has 2 rings (SSSR count). The summed E-state index contributed by atoms with van der Waals surface area (Å²) in [7, 11) is 0. The van der Waals surface area contributed by atoms with Gasteiger partial charge in [0.25, 0.3) is 0 Å². The van der Waals surface area contributed by atoms with E-state index in [1.54, 1.807) is 0 Å². The van der Waals surface area contributed by atoms with Crippen LogP contribution in [0.1, 0.15) is 95.1 Å². The van der Waals surface area contributed by atoms with Gasteiger partial charge < -0.3 is 15.2 Å². The standard InChI is InChI=1S/C26H43NO2.ClH/c1-2-3-4-5-6-7-8-9-10-11-12-13-14-23-15-17-24(18-16-23)22-29-26-19-25(21-28)27-20-26;/h13-18,25-28H,2-12,19-22H2,1H3;1H/b14-13+;/t25-,26+;/m0./s1. The molecule has 0 unspecified atom stereocenters. The van der Waals surface area contributed by atoms with Gasteiger partial charge in [-0.1, -0.05) is 101 Å². The normalized spacial score (nSPS) is 18.7. The van der Waals surface area contributed by atoms with E-state index in [2.05, 4.69) is 48.7 Å². The maximum Gasteiger partial charge on any atom is 0.0721 e. The molecule has 1 saturated heterocycles. The fourth-order valence-corrected chi connectivity index (χ4v) is 3.96. The highest BCUT2D eigenvalue weighted by atomic mass is 35.5. The van der Waals surface area contributed by atoms with Crippen molar-refractivity contribution in [3.05, 3.63) is 41.5 Å². The molecule has 2 N–H and O–H groups in total. The molecule has 0 saturated carbocycles. The molecule has 0 aromatic heterocycles. The van der Waals surface area contributed by atoms with E-state index in [-0.39, 0.29) is 31.2 Å². The summed E-state index contributed by atoms with van der Waals surface area (Å²) in [5.41, 5.74) is 2.48. The van der Waals surface area contributed by atoms with Gasteiger partial charge in [-0.25, -0.2) is 0 Å². The van der Waals surface area contributed by atoms with E-state index in [0.29, 0.717) is 6.61 Å². The number of halogens is 1. The molecule has 30 heavy (non-hydrogen) atoms. The minimum Gasteiger partial charge on any atom is -0.395 e. The Balaban J connectivity index is 0.00000450. The third-order valence-electron chi connectivity index (χ3n) is 5.90. The second-order valence-corrected chi connectivity index (χ2v) is 8.57. The van der Waals surface area contributed by atoms with Crippen molar-refractivity contribution in [3.63, 3.8) is 0 Å². The number of aliphatic hydroxyl groups is 1. The first-order valence-electron chi connectivity index (χ1n) is 12.0. The molecule has 0 spiro atoms. The zero-order valence-electron chi connectivity index (χ0n) is 19.0. The second kappa shape index (κ2) is 17.8. The van der Waals surface area contributed by atoms with Gasteiger partial charge in [0.15, 0.2) is 0 Å². The molecule has 0 amide bonds. The molecule has 172 valence electrons. The van der Waals surface area contributed by atoms with Crippen molar-refractivity contribution in [3.8, 4) is 0 Å². The number of unbranched alkanes of at least 4 members (excludes halogenated alkanes) is 10. The zero-order chi connectivity index (χ0) is 20.6. The Kier molecular flexibility index (Phi) is 16.1. The average molecular weight is 438 g/mol. The van der Waals surface area contributed by atoms with Crippen molar-refractivity contribution in [1.82, 2.24) is 5.32 Å². The maximum atomic E-state index is 9.16. The molecular formula is C26H44ClNO2. The fraction of sp³-hybridized carbons (Fsp3) is 0.692. The van der Waals surface area contributed by atoms with Crippen LogP contribution < -0.4 is 5.32 Å². The van der Waals surface area contributed by atoms with Crippen molar-refractivity contribution in [2.24, 2.45) is 0 Å². The monoisotopic (exact) mass is 437 g/mol. The van der Waals surface area contributed by atoms with Gasteiger partial charge in [-0.05, 0) is 30.4 Å². The SMILES string of the molecule is CCCCCCCCCCCC/C=C/c1ccc(CO[C@H]2CN[C@H](CO)C2)cc1.Cl. The van der Waals surface area contributed by atoms with Gasteiger partial charge in [0.2, 0.25) is 0 Å². The van der Waals surface area contributed by atoms with Gasteiger partial charge in [0, 0.05) is 12.6 Å². The summed E-state index contributed by atoms with van der Waals surface area (Å²) in [6.45, 7) is 3.96. The highest BCUT2D eigenvalue weighted by Crippen LogP contribution is 2.15. The first-order valence-corrected chi connectivity index (χ1v) is 12.0. The summed E-state index contributed by atoms with van der Waals surface area (Å²) < 4.78 is 5.95. The van der Waals surface area contributed by atoms with E-state index >= 15 is 0 Å². The quantitative estimate of drug-likeness (QED) is 0.283. The topological polar surface area (TPSA) is 41.5 Å². The summed E-state index contributed by atoms with van der Waals surface area (Å²) in [6, 6.07) is 8.87. The first-order chi connectivity index (χ1) is 14.3. The molecule has 0 radical (unpaired) electrons. The summed E-state index contributed by atoms with van der Waals surface area (Å²) in [6.07, 6.45) is 20.8. The minimum absolute atomic E-state index is 0. The molecule has 1 aliphatic rings. The molecular weight excluding hydrogens is 394 g/mol. The van der Waals surface area contributed by atoms with E-state index in [1.807, 2.05) is 0 Å².